The number of anilines is 5. The van der Waals surface area contributed by atoms with Crippen molar-refractivity contribution in [3.63, 3.8) is 0 Å². The predicted octanol–water partition coefficient (Wildman–Crippen LogP) is 5.23. The topological polar surface area (TPSA) is 113 Å². The number of aromatic nitrogens is 2. The highest BCUT2D eigenvalue weighted by Gasteiger charge is 2.13. The van der Waals surface area contributed by atoms with Gasteiger partial charge in [-0.3, -0.25) is 9.52 Å². The minimum absolute atomic E-state index is 0.0194. The average Bonchev–Trinajstić information content (AvgIpc) is 2.72. The van der Waals surface area contributed by atoms with E-state index >= 15 is 0 Å². The molecule has 0 spiro atoms. The molecule has 0 fully saturated rings. The van der Waals surface area contributed by atoms with Gasteiger partial charge in [0.2, 0.25) is 16.0 Å². The van der Waals surface area contributed by atoms with Gasteiger partial charge in [0.1, 0.15) is 5.02 Å². The third-order valence-electron chi connectivity index (χ3n) is 4.08. The fraction of sp³-hybridized carbons (Fsp3) is 0.150. The van der Waals surface area contributed by atoms with Crippen LogP contribution in [0.5, 0.6) is 0 Å². The first kappa shape index (κ1) is 22.8. The van der Waals surface area contributed by atoms with E-state index in [0.717, 1.165) is 6.26 Å². The van der Waals surface area contributed by atoms with E-state index in [2.05, 4.69) is 25.3 Å². The van der Waals surface area contributed by atoms with Crippen molar-refractivity contribution >= 4 is 67.8 Å². The molecule has 0 unspecified atom stereocenters. The van der Waals surface area contributed by atoms with Crippen LogP contribution in [0.3, 0.4) is 0 Å². The normalized spacial score (nSPS) is 11.1. The van der Waals surface area contributed by atoms with Crippen LogP contribution < -0.4 is 15.4 Å². The molecule has 0 atom stereocenters. The Morgan fingerprint density at radius 1 is 1.00 bits per heavy atom. The van der Waals surface area contributed by atoms with Gasteiger partial charge in [0.05, 0.1) is 34.5 Å². The fourth-order valence-electron chi connectivity index (χ4n) is 2.64. The van der Waals surface area contributed by atoms with E-state index in [9.17, 15) is 13.2 Å². The number of carbonyl (C=O) groups is 1. The van der Waals surface area contributed by atoms with Gasteiger partial charge in [-0.05, 0) is 30.3 Å². The lowest BCUT2D eigenvalue weighted by molar-refractivity contribution is 0.0988. The first-order valence-corrected chi connectivity index (χ1v) is 11.8. The Bertz CT molecular complexity index is 1240. The maximum Gasteiger partial charge on any atom is 0.229 e. The van der Waals surface area contributed by atoms with E-state index in [4.69, 9.17) is 23.2 Å². The molecule has 3 N–H and O–H groups in total. The van der Waals surface area contributed by atoms with Crippen LogP contribution in [0, 0.1) is 0 Å². The molecule has 0 bridgehead atoms. The zero-order chi connectivity index (χ0) is 22.6. The molecule has 1 aromatic heterocycles. The van der Waals surface area contributed by atoms with Crippen LogP contribution in [0.1, 0.15) is 23.7 Å². The lowest BCUT2D eigenvalue weighted by Crippen LogP contribution is -2.11. The largest absolute Gasteiger partial charge is 0.337 e. The molecule has 0 aliphatic heterocycles. The molecule has 31 heavy (non-hydrogen) atoms. The molecule has 0 amide bonds. The molecule has 0 saturated carbocycles. The zero-order valence-corrected chi connectivity index (χ0v) is 18.9. The molecule has 162 valence electrons. The van der Waals surface area contributed by atoms with E-state index in [1.54, 1.807) is 49.4 Å². The number of nitrogens with zero attached hydrogens (tertiary/aromatic N) is 2. The number of Topliss-reactive ketones (excluding diaryl/α,β-unsaturated/α-hetero) is 1. The summed E-state index contributed by atoms with van der Waals surface area (Å²) in [5.74, 6) is 0.413. The maximum atomic E-state index is 12.0. The first-order valence-electron chi connectivity index (χ1n) is 9.12. The van der Waals surface area contributed by atoms with Gasteiger partial charge in [-0.1, -0.05) is 42.3 Å². The van der Waals surface area contributed by atoms with Gasteiger partial charge in [-0.25, -0.2) is 13.4 Å². The zero-order valence-electron chi connectivity index (χ0n) is 16.6. The molecule has 8 nitrogen and oxygen atoms in total. The van der Waals surface area contributed by atoms with Crippen LogP contribution in [0.25, 0.3) is 0 Å². The van der Waals surface area contributed by atoms with Gasteiger partial charge < -0.3 is 10.6 Å². The Morgan fingerprint density at radius 3 is 2.39 bits per heavy atom. The number of rotatable bonds is 8. The minimum Gasteiger partial charge on any atom is -0.337 e. The van der Waals surface area contributed by atoms with Gasteiger partial charge in [-0.15, -0.1) is 0 Å². The summed E-state index contributed by atoms with van der Waals surface area (Å²) in [5.41, 5.74) is 1.77. The molecular formula is C20H19Cl2N5O3S. The number of nitrogens with one attached hydrogen (secondary N) is 3. The van der Waals surface area contributed by atoms with Crippen molar-refractivity contribution in [2.75, 3.05) is 21.6 Å². The quantitative estimate of drug-likeness (QED) is 0.378. The number of halogens is 2. The second-order valence-corrected chi connectivity index (χ2v) is 9.09. The van der Waals surface area contributed by atoms with Crippen LogP contribution in [0.15, 0.2) is 48.7 Å². The second-order valence-electron chi connectivity index (χ2n) is 6.53. The maximum absolute atomic E-state index is 12.0. The Balaban J connectivity index is 1.90. The summed E-state index contributed by atoms with van der Waals surface area (Å²) in [4.78, 5) is 20.5. The highest BCUT2D eigenvalue weighted by Crippen LogP contribution is 2.31. The third-order valence-corrected chi connectivity index (χ3v) is 5.27. The van der Waals surface area contributed by atoms with Gasteiger partial charge in [-0.2, -0.15) is 4.98 Å². The van der Waals surface area contributed by atoms with Crippen molar-refractivity contribution in [2.24, 2.45) is 0 Å². The summed E-state index contributed by atoms with van der Waals surface area (Å²) in [7, 11) is -3.48. The Kier molecular flexibility index (Phi) is 6.99. The SMILES string of the molecule is CCC(=O)c1ccc(Cl)c(Nc2ncc(Cl)c(Nc3ccccc3NS(C)(=O)=O)n2)c1. The minimum atomic E-state index is -3.48. The van der Waals surface area contributed by atoms with E-state index in [1.165, 1.54) is 6.20 Å². The number of sulfonamides is 1. The molecular weight excluding hydrogens is 461 g/mol. The fourth-order valence-corrected chi connectivity index (χ4v) is 3.52. The summed E-state index contributed by atoms with van der Waals surface area (Å²) in [6.07, 6.45) is 2.82. The standard InChI is InChI=1S/C20H19Cl2N5O3S/c1-3-18(28)12-8-9-13(21)17(10-12)25-20-23-11-14(22)19(26-20)24-15-6-4-5-7-16(15)27-31(2,29)30/h4-11,27H,3H2,1-2H3,(H2,23,24,25,26). The third kappa shape index (κ3) is 6.06. The van der Waals surface area contributed by atoms with Crippen LogP contribution in [0.2, 0.25) is 10.0 Å². The van der Waals surface area contributed by atoms with E-state index < -0.39 is 10.0 Å². The highest BCUT2D eigenvalue weighted by molar-refractivity contribution is 7.92. The Morgan fingerprint density at radius 2 is 1.71 bits per heavy atom. The monoisotopic (exact) mass is 479 g/mol. The summed E-state index contributed by atoms with van der Waals surface area (Å²) < 4.78 is 25.7. The Labute approximate surface area is 190 Å². The highest BCUT2D eigenvalue weighted by atomic mass is 35.5. The van der Waals surface area contributed by atoms with Gasteiger partial charge in [0.15, 0.2) is 11.6 Å². The molecule has 3 rings (SSSR count). The van der Waals surface area contributed by atoms with Crippen LogP contribution in [-0.2, 0) is 10.0 Å². The number of para-hydroxylation sites is 2. The number of ketones is 1. The summed E-state index contributed by atoms with van der Waals surface area (Å²) in [6, 6.07) is 11.6. The van der Waals surface area contributed by atoms with E-state index in [-0.39, 0.29) is 22.6 Å². The van der Waals surface area contributed by atoms with Gasteiger partial charge >= 0.3 is 0 Å². The molecule has 0 radical (unpaired) electrons. The molecule has 11 heteroatoms. The number of benzene rings is 2. The molecule has 0 aliphatic rings. The lowest BCUT2D eigenvalue weighted by Gasteiger charge is -2.14. The van der Waals surface area contributed by atoms with Gasteiger partial charge in [0, 0.05) is 12.0 Å². The van der Waals surface area contributed by atoms with Crippen LogP contribution >= 0.6 is 23.2 Å². The van der Waals surface area contributed by atoms with Gasteiger partial charge in [0.25, 0.3) is 0 Å². The van der Waals surface area contributed by atoms with Crippen molar-refractivity contribution < 1.29 is 13.2 Å². The van der Waals surface area contributed by atoms with E-state index in [0.29, 0.717) is 34.1 Å². The molecule has 0 saturated heterocycles. The van der Waals surface area contributed by atoms with Crippen molar-refractivity contribution in [3.8, 4) is 0 Å². The van der Waals surface area contributed by atoms with Crippen molar-refractivity contribution in [3.05, 3.63) is 64.3 Å². The number of hydrogen-bond donors (Lipinski definition) is 3. The average molecular weight is 480 g/mol. The summed E-state index contributed by atoms with van der Waals surface area (Å²) in [5, 5.41) is 6.60. The smallest absolute Gasteiger partial charge is 0.229 e. The number of carbonyl (C=O) groups excluding carboxylic acids is 1. The first-order chi connectivity index (χ1) is 14.7. The van der Waals surface area contributed by atoms with Crippen LogP contribution in [-0.4, -0.2) is 30.4 Å². The van der Waals surface area contributed by atoms with Crippen LogP contribution in [0.4, 0.5) is 28.8 Å². The second kappa shape index (κ2) is 9.51. The van der Waals surface area contributed by atoms with Crippen molar-refractivity contribution in [2.45, 2.75) is 13.3 Å². The summed E-state index contributed by atoms with van der Waals surface area (Å²) >= 11 is 12.5. The molecule has 1 heterocycles. The molecule has 2 aromatic carbocycles. The summed E-state index contributed by atoms with van der Waals surface area (Å²) in [6.45, 7) is 1.78. The van der Waals surface area contributed by atoms with Crippen molar-refractivity contribution in [1.82, 2.24) is 9.97 Å². The van der Waals surface area contributed by atoms with Crippen molar-refractivity contribution in [1.29, 1.82) is 0 Å². The van der Waals surface area contributed by atoms with E-state index in [1.807, 2.05) is 0 Å². The predicted molar refractivity (Wildman–Crippen MR) is 125 cm³/mol. The molecule has 3 aromatic rings. The Hall–Kier alpha value is -2.88. The molecule has 0 aliphatic carbocycles. The lowest BCUT2D eigenvalue weighted by atomic mass is 10.1. The number of hydrogen-bond acceptors (Lipinski definition) is 7.